The zero-order valence-corrected chi connectivity index (χ0v) is 11.3. The van der Waals surface area contributed by atoms with Crippen molar-refractivity contribution in [3.63, 3.8) is 0 Å². The number of hydrogen-bond acceptors (Lipinski definition) is 4. The quantitative estimate of drug-likeness (QED) is 0.864. The van der Waals surface area contributed by atoms with E-state index in [2.05, 4.69) is 29.1 Å². The molecule has 1 N–H and O–H groups in total. The number of ether oxygens (including phenoxy) is 1. The molecule has 0 aliphatic rings. The largest absolute Gasteiger partial charge is 0.486 e. The van der Waals surface area contributed by atoms with Crippen LogP contribution in [0.15, 0.2) is 42.7 Å². The molecule has 1 aromatic carbocycles. The molecule has 0 bridgehead atoms. The van der Waals surface area contributed by atoms with Crippen LogP contribution in [0.25, 0.3) is 0 Å². The molecular weight excluding hydrogens is 238 g/mol. The Morgan fingerprint density at radius 3 is 2.42 bits per heavy atom. The van der Waals surface area contributed by atoms with Crippen LogP contribution in [0.5, 0.6) is 5.75 Å². The summed E-state index contributed by atoms with van der Waals surface area (Å²) in [4.78, 5) is 8.59. The maximum atomic E-state index is 5.59. The van der Waals surface area contributed by atoms with Crippen molar-refractivity contribution in [2.24, 2.45) is 0 Å². The first-order valence-electron chi connectivity index (χ1n) is 6.45. The summed E-state index contributed by atoms with van der Waals surface area (Å²) in [5.74, 6) is 1.52. The monoisotopic (exact) mass is 257 g/mol. The van der Waals surface area contributed by atoms with Crippen LogP contribution in [0.3, 0.4) is 0 Å². The fourth-order valence-corrected chi connectivity index (χ4v) is 1.53. The maximum Gasteiger partial charge on any atom is 0.166 e. The molecule has 100 valence electrons. The molecule has 19 heavy (non-hydrogen) atoms. The van der Waals surface area contributed by atoms with Crippen molar-refractivity contribution in [2.45, 2.75) is 33.0 Å². The third-order valence-electron chi connectivity index (χ3n) is 2.58. The van der Waals surface area contributed by atoms with Gasteiger partial charge in [-0.05, 0) is 12.1 Å². The van der Waals surface area contributed by atoms with E-state index in [1.54, 1.807) is 0 Å². The second-order valence-electron chi connectivity index (χ2n) is 4.64. The lowest BCUT2D eigenvalue weighted by molar-refractivity contribution is 0.295. The van der Waals surface area contributed by atoms with Crippen molar-refractivity contribution >= 4 is 0 Å². The summed E-state index contributed by atoms with van der Waals surface area (Å²) >= 11 is 0. The topological polar surface area (TPSA) is 47.0 Å². The average Bonchev–Trinajstić information content (AvgIpc) is 2.45. The van der Waals surface area contributed by atoms with Gasteiger partial charge in [0.05, 0.1) is 0 Å². The van der Waals surface area contributed by atoms with E-state index in [-0.39, 0.29) is 0 Å². The van der Waals surface area contributed by atoms with E-state index in [4.69, 9.17) is 4.74 Å². The molecule has 0 saturated heterocycles. The molecule has 2 aromatic rings. The number of hydrogen-bond donors (Lipinski definition) is 1. The molecular formula is C15H19N3O. The van der Waals surface area contributed by atoms with Crippen molar-refractivity contribution in [3.05, 3.63) is 54.1 Å². The van der Waals surface area contributed by atoms with Crippen LogP contribution in [-0.4, -0.2) is 16.0 Å². The molecule has 4 heteroatoms. The number of aromatic nitrogens is 2. The molecule has 0 spiro atoms. The zero-order chi connectivity index (χ0) is 13.5. The first kappa shape index (κ1) is 13.5. The number of rotatable bonds is 6. The minimum atomic E-state index is 0.391. The van der Waals surface area contributed by atoms with E-state index < -0.39 is 0 Å². The Balaban J connectivity index is 1.85. The first-order valence-corrected chi connectivity index (χ1v) is 6.45. The van der Waals surface area contributed by atoms with Gasteiger partial charge in [-0.15, -0.1) is 0 Å². The van der Waals surface area contributed by atoms with Gasteiger partial charge in [0.1, 0.15) is 12.4 Å². The van der Waals surface area contributed by atoms with Gasteiger partial charge in [-0.1, -0.05) is 32.0 Å². The highest BCUT2D eigenvalue weighted by molar-refractivity contribution is 5.21. The minimum Gasteiger partial charge on any atom is -0.486 e. The van der Waals surface area contributed by atoms with Gasteiger partial charge in [-0.3, -0.25) is 0 Å². The molecule has 0 fully saturated rings. The molecule has 0 aliphatic heterocycles. The van der Waals surface area contributed by atoms with Gasteiger partial charge in [0.25, 0.3) is 0 Å². The first-order chi connectivity index (χ1) is 9.24. The van der Waals surface area contributed by atoms with Gasteiger partial charge in [0.15, 0.2) is 5.82 Å². The molecule has 1 heterocycles. The molecule has 1 aromatic heterocycles. The summed E-state index contributed by atoms with van der Waals surface area (Å²) in [6.45, 7) is 5.41. The summed E-state index contributed by atoms with van der Waals surface area (Å²) in [7, 11) is 0. The standard InChI is InChI=1S/C15H19N3O/c1-12(2)16-8-13-9-17-15(18-10-13)11-19-14-6-4-3-5-7-14/h3-7,9-10,12,16H,8,11H2,1-2H3. The zero-order valence-electron chi connectivity index (χ0n) is 11.3. The van der Waals surface area contributed by atoms with Crippen LogP contribution >= 0.6 is 0 Å². The highest BCUT2D eigenvalue weighted by Crippen LogP contribution is 2.09. The molecule has 0 unspecified atom stereocenters. The Morgan fingerprint density at radius 2 is 1.79 bits per heavy atom. The lowest BCUT2D eigenvalue weighted by atomic mass is 10.3. The van der Waals surface area contributed by atoms with E-state index in [1.807, 2.05) is 42.7 Å². The smallest absolute Gasteiger partial charge is 0.166 e. The van der Waals surface area contributed by atoms with E-state index >= 15 is 0 Å². The second kappa shape index (κ2) is 6.85. The van der Waals surface area contributed by atoms with Gasteiger partial charge in [-0.2, -0.15) is 0 Å². The van der Waals surface area contributed by atoms with Crippen LogP contribution in [-0.2, 0) is 13.2 Å². The maximum absolute atomic E-state index is 5.59. The number of benzene rings is 1. The fourth-order valence-electron chi connectivity index (χ4n) is 1.53. The van der Waals surface area contributed by atoms with Crippen molar-refractivity contribution in [1.82, 2.24) is 15.3 Å². The summed E-state index contributed by atoms with van der Waals surface area (Å²) in [5.41, 5.74) is 1.08. The molecule has 0 saturated carbocycles. The molecule has 4 nitrogen and oxygen atoms in total. The lowest BCUT2D eigenvalue weighted by Crippen LogP contribution is -2.22. The normalized spacial score (nSPS) is 10.7. The summed E-state index contributed by atoms with van der Waals surface area (Å²) < 4.78 is 5.59. The van der Waals surface area contributed by atoms with E-state index in [0.29, 0.717) is 18.5 Å². The van der Waals surface area contributed by atoms with Crippen molar-refractivity contribution in [1.29, 1.82) is 0 Å². The lowest BCUT2D eigenvalue weighted by Gasteiger charge is -2.08. The van der Waals surface area contributed by atoms with E-state index in [1.165, 1.54) is 0 Å². The fraction of sp³-hybridized carbons (Fsp3) is 0.333. The molecule has 0 radical (unpaired) electrons. The highest BCUT2D eigenvalue weighted by atomic mass is 16.5. The van der Waals surface area contributed by atoms with Crippen LogP contribution in [0, 0.1) is 0 Å². The third kappa shape index (κ3) is 4.67. The minimum absolute atomic E-state index is 0.391. The molecule has 0 amide bonds. The molecule has 0 atom stereocenters. The van der Waals surface area contributed by atoms with Gasteiger partial charge < -0.3 is 10.1 Å². The summed E-state index contributed by atoms with van der Waals surface area (Å²) in [6, 6.07) is 10.1. The summed E-state index contributed by atoms with van der Waals surface area (Å²) in [5, 5.41) is 3.33. The van der Waals surface area contributed by atoms with Gasteiger partial charge in [-0.25, -0.2) is 9.97 Å². The Morgan fingerprint density at radius 1 is 1.11 bits per heavy atom. The number of nitrogens with zero attached hydrogens (tertiary/aromatic N) is 2. The SMILES string of the molecule is CC(C)NCc1cnc(COc2ccccc2)nc1. The van der Waals surface area contributed by atoms with Crippen LogP contribution < -0.4 is 10.1 Å². The van der Waals surface area contributed by atoms with Gasteiger partial charge >= 0.3 is 0 Å². The van der Waals surface area contributed by atoms with E-state index in [0.717, 1.165) is 17.9 Å². The average molecular weight is 257 g/mol. The van der Waals surface area contributed by atoms with Gasteiger partial charge in [0.2, 0.25) is 0 Å². The Hall–Kier alpha value is -1.94. The Bertz CT molecular complexity index is 483. The van der Waals surface area contributed by atoms with Crippen LogP contribution in [0.2, 0.25) is 0 Å². The van der Waals surface area contributed by atoms with E-state index in [9.17, 15) is 0 Å². The predicted molar refractivity (Wildman–Crippen MR) is 74.8 cm³/mol. The Kier molecular flexibility index (Phi) is 4.86. The number of nitrogens with one attached hydrogen (secondary N) is 1. The summed E-state index contributed by atoms with van der Waals surface area (Å²) in [6.07, 6.45) is 3.68. The predicted octanol–water partition coefficient (Wildman–Crippen LogP) is 2.55. The molecule has 2 rings (SSSR count). The highest BCUT2D eigenvalue weighted by Gasteiger charge is 2.00. The third-order valence-corrected chi connectivity index (χ3v) is 2.58. The van der Waals surface area contributed by atoms with Crippen molar-refractivity contribution in [2.75, 3.05) is 0 Å². The van der Waals surface area contributed by atoms with Crippen LogP contribution in [0.4, 0.5) is 0 Å². The molecule has 0 aliphatic carbocycles. The van der Waals surface area contributed by atoms with Gasteiger partial charge in [0, 0.05) is 30.5 Å². The Labute approximate surface area is 113 Å². The van der Waals surface area contributed by atoms with Crippen molar-refractivity contribution in [3.8, 4) is 5.75 Å². The van der Waals surface area contributed by atoms with Crippen LogP contribution in [0.1, 0.15) is 25.2 Å². The second-order valence-corrected chi connectivity index (χ2v) is 4.64. The van der Waals surface area contributed by atoms with Crippen molar-refractivity contribution < 1.29 is 4.74 Å². The number of para-hydroxylation sites is 1.